The van der Waals surface area contributed by atoms with Gasteiger partial charge >= 0.3 is 5.97 Å². The zero-order valence-corrected chi connectivity index (χ0v) is 11.7. The predicted octanol–water partition coefficient (Wildman–Crippen LogP) is 2.64. The van der Waals surface area contributed by atoms with Crippen molar-refractivity contribution in [1.82, 2.24) is 4.98 Å². The highest BCUT2D eigenvalue weighted by molar-refractivity contribution is 6.29. The number of carboxylic acid groups (broad SMARTS) is 1. The number of hydrogen-bond acceptors (Lipinski definition) is 3. The molecule has 0 aliphatic carbocycles. The smallest absolute Gasteiger partial charge is 0.335 e. The molecule has 1 aromatic heterocycles. The Bertz CT molecular complexity index is 728. The largest absolute Gasteiger partial charge is 0.478 e. The first kappa shape index (κ1) is 13.6. The van der Waals surface area contributed by atoms with E-state index in [1.807, 2.05) is 0 Å². The number of carbonyl (C=O) groups excluding carboxylic acids is 1. The molecule has 1 aliphatic heterocycles. The van der Waals surface area contributed by atoms with Gasteiger partial charge in [0.2, 0.25) is 0 Å². The lowest BCUT2D eigenvalue weighted by Crippen LogP contribution is -2.28. The summed E-state index contributed by atoms with van der Waals surface area (Å²) in [7, 11) is 0. The van der Waals surface area contributed by atoms with Crippen LogP contribution in [0.1, 0.15) is 26.3 Å². The number of nitrogens with zero attached hydrogens (tertiary/aromatic N) is 2. The van der Waals surface area contributed by atoms with E-state index < -0.39 is 5.97 Å². The summed E-state index contributed by atoms with van der Waals surface area (Å²) in [5, 5.41) is 9.33. The molecule has 0 atom stereocenters. The second-order valence-corrected chi connectivity index (χ2v) is 5.11. The van der Waals surface area contributed by atoms with Crippen LogP contribution < -0.4 is 4.90 Å². The molecule has 0 bridgehead atoms. The number of pyridine rings is 1. The van der Waals surface area contributed by atoms with Crippen molar-refractivity contribution in [2.45, 2.75) is 6.42 Å². The quantitative estimate of drug-likeness (QED) is 0.866. The van der Waals surface area contributed by atoms with Crippen LogP contribution in [-0.4, -0.2) is 28.5 Å². The van der Waals surface area contributed by atoms with E-state index in [4.69, 9.17) is 16.7 Å². The number of carboxylic acids is 1. The van der Waals surface area contributed by atoms with Crippen LogP contribution in [0.5, 0.6) is 0 Å². The number of carbonyl (C=O) groups is 2. The Balaban J connectivity index is 1.92. The van der Waals surface area contributed by atoms with Crippen molar-refractivity contribution in [3.63, 3.8) is 0 Å². The van der Waals surface area contributed by atoms with Crippen LogP contribution in [-0.2, 0) is 6.42 Å². The van der Waals surface area contributed by atoms with Gasteiger partial charge in [0.15, 0.2) is 0 Å². The van der Waals surface area contributed by atoms with Crippen LogP contribution >= 0.6 is 11.6 Å². The SMILES string of the molecule is O=C(O)c1ccc2c(c1)CCN2C(=O)c1ccc(Cl)nc1. The van der Waals surface area contributed by atoms with Gasteiger partial charge in [-0.15, -0.1) is 0 Å². The Morgan fingerprint density at radius 3 is 2.62 bits per heavy atom. The first-order valence-electron chi connectivity index (χ1n) is 6.36. The standard InChI is InChI=1S/C15H11ClN2O3/c16-13-4-2-11(8-17-13)14(19)18-6-5-9-7-10(15(20)21)1-3-12(9)18/h1-4,7-8H,5-6H2,(H,20,21). The molecule has 0 spiro atoms. The van der Waals surface area contributed by atoms with Crippen molar-refractivity contribution in [2.75, 3.05) is 11.4 Å². The van der Waals surface area contributed by atoms with E-state index in [0.29, 0.717) is 23.7 Å². The van der Waals surface area contributed by atoms with Crippen molar-refractivity contribution >= 4 is 29.2 Å². The molecule has 1 aromatic carbocycles. The highest BCUT2D eigenvalue weighted by Crippen LogP contribution is 2.30. The third-order valence-corrected chi connectivity index (χ3v) is 3.67. The van der Waals surface area contributed by atoms with E-state index >= 15 is 0 Å². The van der Waals surface area contributed by atoms with E-state index in [1.54, 1.807) is 29.2 Å². The summed E-state index contributed by atoms with van der Waals surface area (Å²) in [5.41, 5.74) is 2.30. The minimum absolute atomic E-state index is 0.166. The molecule has 0 saturated carbocycles. The minimum atomic E-state index is -0.968. The van der Waals surface area contributed by atoms with Gasteiger partial charge in [-0.3, -0.25) is 4.79 Å². The summed E-state index contributed by atoms with van der Waals surface area (Å²) in [5.74, 6) is -1.13. The number of aromatic nitrogens is 1. The average Bonchev–Trinajstić information content (AvgIpc) is 2.90. The fourth-order valence-electron chi connectivity index (χ4n) is 2.40. The average molecular weight is 303 g/mol. The van der Waals surface area contributed by atoms with Crippen LogP contribution in [0, 0.1) is 0 Å². The van der Waals surface area contributed by atoms with Crippen molar-refractivity contribution in [3.05, 3.63) is 58.4 Å². The summed E-state index contributed by atoms with van der Waals surface area (Å²) >= 11 is 5.71. The van der Waals surface area contributed by atoms with Crippen LogP contribution in [0.25, 0.3) is 0 Å². The molecule has 2 heterocycles. The van der Waals surface area contributed by atoms with Crippen LogP contribution in [0.15, 0.2) is 36.5 Å². The molecule has 6 heteroatoms. The number of benzene rings is 1. The van der Waals surface area contributed by atoms with Crippen molar-refractivity contribution in [1.29, 1.82) is 0 Å². The number of hydrogen-bond donors (Lipinski definition) is 1. The molecule has 0 saturated heterocycles. The molecule has 1 N–H and O–H groups in total. The molecule has 3 rings (SSSR count). The maximum absolute atomic E-state index is 12.5. The van der Waals surface area contributed by atoms with Gasteiger partial charge in [0.05, 0.1) is 11.1 Å². The summed E-state index contributed by atoms with van der Waals surface area (Å²) in [6.07, 6.45) is 2.08. The molecule has 1 aliphatic rings. The lowest BCUT2D eigenvalue weighted by molar-refractivity contribution is 0.0696. The highest BCUT2D eigenvalue weighted by atomic mass is 35.5. The van der Waals surface area contributed by atoms with Crippen molar-refractivity contribution < 1.29 is 14.7 Å². The monoisotopic (exact) mass is 302 g/mol. The molecule has 5 nitrogen and oxygen atoms in total. The first-order chi connectivity index (χ1) is 10.1. The molecule has 106 valence electrons. The Labute approximate surface area is 125 Å². The van der Waals surface area contributed by atoms with E-state index in [2.05, 4.69) is 4.98 Å². The number of fused-ring (bicyclic) bond motifs is 1. The number of amides is 1. The number of rotatable bonds is 2. The van der Waals surface area contributed by atoms with Gasteiger partial charge < -0.3 is 10.0 Å². The molecule has 0 radical (unpaired) electrons. The lowest BCUT2D eigenvalue weighted by Gasteiger charge is -2.17. The van der Waals surface area contributed by atoms with E-state index in [0.717, 1.165) is 11.3 Å². The highest BCUT2D eigenvalue weighted by Gasteiger charge is 2.26. The second kappa shape index (κ2) is 5.18. The van der Waals surface area contributed by atoms with Gasteiger partial charge in [-0.1, -0.05) is 11.6 Å². The molecule has 0 unspecified atom stereocenters. The first-order valence-corrected chi connectivity index (χ1v) is 6.73. The molecule has 1 amide bonds. The van der Waals surface area contributed by atoms with Gasteiger partial charge in [0.1, 0.15) is 5.15 Å². The van der Waals surface area contributed by atoms with Crippen molar-refractivity contribution in [3.8, 4) is 0 Å². The zero-order chi connectivity index (χ0) is 15.0. The molecular formula is C15H11ClN2O3. The third-order valence-electron chi connectivity index (χ3n) is 3.44. The van der Waals surface area contributed by atoms with Gasteiger partial charge in [-0.05, 0) is 42.3 Å². The molecule has 21 heavy (non-hydrogen) atoms. The van der Waals surface area contributed by atoms with Crippen LogP contribution in [0.2, 0.25) is 5.15 Å². The number of aromatic carboxylic acids is 1. The minimum Gasteiger partial charge on any atom is -0.478 e. The van der Waals surface area contributed by atoms with Gasteiger partial charge in [0, 0.05) is 18.4 Å². The second-order valence-electron chi connectivity index (χ2n) is 4.73. The normalized spacial score (nSPS) is 13.1. The maximum atomic E-state index is 12.5. The molecule has 2 aromatic rings. The predicted molar refractivity (Wildman–Crippen MR) is 78.0 cm³/mol. The summed E-state index contributed by atoms with van der Waals surface area (Å²) in [6.45, 7) is 0.528. The maximum Gasteiger partial charge on any atom is 0.335 e. The summed E-state index contributed by atoms with van der Waals surface area (Å²) < 4.78 is 0. The van der Waals surface area contributed by atoms with Crippen molar-refractivity contribution in [2.24, 2.45) is 0 Å². The topological polar surface area (TPSA) is 70.5 Å². The van der Waals surface area contributed by atoms with Crippen LogP contribution in [0.4, 0.5) is 5.69 Å². The third kappa shape index (κ3) is 2.48. The lowest BCUT2D eigenvalue weighted by atomic mass is 10.1. The fourth-order valence-corrected chi connectivity index (χ4v) is 2.52. The van der Waals surface area contributed by atoms with E-state index in [-0.39, 0.29) is 11.5 Å². The fraction of sp³-hybridized carbons (Fsp3) is 0.133. The van der Waals surface area contributed by atoms with Crippen LogP contribution in [0.3, 0.4) is 0 Å². The summed E-state index contributed by atoms with van der Waals surface area (Å²) in [4.78, 5) is 29.0. The van der Waals surface area contributed by atoms with Gasteiger partial charge in [0.25, 0.3) is 5.91 Å². The molecular weight excluding hydrogens is 292 g/mol. The Kier molecular flexibility index (Phi) is 3.35. The Morgan fingerprint density at radius 2 is 1.95 bits per heavy atom. The van der Waals surface area contributed by atoms with Gasteiger partial charge in [-0.2, -0.15) is 0 Å². The number of anilines is 1. The Hall–Kier alpha value is -2.40. The van der Waals surface area contributed by atoms with E-state index in [9.17, 15) is 9.59 Å². The zero-order valence-electron chi connectivity index (χ0n) is 10.9. The van der Waals surface area contributed by atoms with Gasteiger partial charge in [-0.25, -0.2) is 9.78 Å². The summed E-state index contributed by atoms with van der Waals surface area (Å²) in [6, 6.07) is 7.99. The Morgan fingerprint density at radius 1 is 1.19 bits per heavy atom. The molecule has 0 fully saturated rings. The van der Waals surface area contributed by atoms with E-state index in [1.165, 1.54) is 12.3 Å². The number of halogens is 1.